The Hall–Kier alpha value is -2.59. The highest BCUT2D eigenvalue weighted by Crippen LogP contribution is 2.15. The van der Waals surface area contributed by atoms with E-state index in [0.717, 1.165) is 16.9 Å². The molecule has 2 aromatic carbocycles. The molecule has 0 aliphatic carbocycles. The summed E-state index contributed by atoms with van der Waals surface area (Å²) in [6, 6.07) is 18.1. The zero-order valence-electron chi connectivity index (χ0n) is 14.8. The lowest BCUT2D eigenvalue weighted by molar-refractivity contribution is -0.138. The van der Waals surface area contributed by atoms with Gasteiger partial charge >= 0.3 is 5.97 Å². The van der Waals surface area contributed by atoms with E-state index >= 15 is 0 Å². The molecule has 0 atom stereocenters. The van der Waals surface area contributed by atoms with Crippen LogP contribution in [0.5, 0.6) is 5.75 Å². The van der Waals surface area contributed by atoms with Crippen molar-refractivity contribution in [2.24, 2.45) is 0 Å². The van der Waals surface area contributed by atoms with Crippen molar-refractivity contribution < 1.29 is 14.6 Å². The maximum absolute atomic E-state index is 10.9. The number of carboxylic acid groups (broad SMARTS) is 1. The average molecular weight is 339 g/mol. The topological polar surface area (TPSA) is 49.8 Å². The summed E-state index contributed by atoms with van der Waals surface area (Å²) >= 11 is 0. The van der Waals surface area contributed by atoms with Crippen molar-refractivity contribution in [3.8, 4) is 5.75 Å². The van der Waals surface area contributed by atoms with Crippen LogP contribution in [0.3, 0.4) is 0 Å². The van der Waals surface area contributed by atoms with Gasteiger partial charge in [0.15, 0.2) is 0 Å². The molecule has 4 nitrogen and oxygen atoms in total. The predicted molar refractivity (Wildman–Crippen MR) is 101 cm³/mol. The first-order chi connectivity index (χ1) is 12.0. The van der Waals surface area contributed by atoms with Crippen LogP contribution in [0.4, 0.5) is 0 Å². The van der Waals surface area contributed by atoms with Gasteiger partial charge in [0, 0.05) is 12.6 Å². The van der Waals surface area contributed by atoms with Gasteiger partial charge < -0.3 is 9.84 Å². The van der Waals surface area contributed by atoms with Crippen LogP contribution in [-0.4, -0.2) is 35.1 Å². The van der Waals surface area contributed by atoms with Crippen LogP contribution in [0.1, 0.15) is 25.0 Å². The highest BCUT2D eigenvalue weighted by molar-refractivity contribution is 5.69. The van der Waals surface area contributed by atoms with Crippen LogP contribution in [-0.2, 0) is 11.4 Å². The highest BCUT2D eigenvalue weighted by Gasteiger charge is 2.11. The second kappa shape index (κ2) is 9.64. The standard InChI is InChI=1S/C21H25NO3/c1-17(2)22(15-21(23)24)14-6-9-18-10-12-20(13-11-18)25-16-19-7-4-3-5-8-19/h3-13,17H,14-16H2,1-2H3,(H,23,24)/b9-6+. The van der Waals surface area contributed by atoms with E-state index in [0.29, 0.717) is 13.2 Å². The minimum Gasteiger partial charge on any atom is -0.489 e. The Morgan fingerprint density at radius 2 is 1.80 bits per heavy atom. The number of carboxylic acids is 1. The van der Waals surface area contributed by atoms with Crippen molar-refractivity contribution in [2.75, 3.05) is 13.1 Å². The summed E-state index contributed by atoms with van der Waals surface area (Å²) in [5.41, 5.74) is 2.20. The van der Waals surface area contributed by atoms with Gasteiger partial charge in [-0.25, -0.2) is 0 Å². The average Bonchev–Trinajstić information content (AvgIpc) is 2.60. The quantitative estimate of drug-likeness (QED) is 0.748. The van der Waals surface area contributed by atoms with E-state index < -0.39 is 5.97 Å². The Labute approximate surface area is 149 Å². The van der Waals surface area contributed by atoms with Crippen LogP contribution < -0.4 is 4.74 Å². The lowest BCUT2D eigenvalue weighted by Crippen LogP contribution is -2.35. The van der Waals surface area contributed by atoms with Crippen molar-refractivity contribution in [1.82, 2.24) is 4.90 Å². The molecule has 0 aromatic heterocycles. The fraction of sp³-hybridized carbons (Fsp3) is 0.286. The zero-order valence-corrected chi connectivity index (χ0v) is 14.8. The van der Waals surface area contributed by atoms with Gasteiger partial charge in [0.05, 0.1) is 6.54 Å². The molecule has 0 radical (unpaired) electrons. The molecule has 0 fully saturated rings. The zero-order chi connectivity index (χ0) is 18.1. The molecule has 1 N–H and O–H groups in total. The first-order valence-electron chi connectivity index (χ1n) is 8.44. The van der Waals surface area contributed by atoms with Gasteiger partial charge in [-0.05, 0) is 37.1 Å². The molecule has 0 aliphatic heterocycles. The van der Waals surface area contributed by atoms with Crippen molar-refractivity contribution in [1.29, 1.82) is 0 Å². The Morgan fingerprint density at radius 1 is 1.12 bits per heavy atom. The molecule has 0 bridgehead atoms. The summed E-state index contributed by atoms with van der Waals surface area (Å²) in [5, 5.41) is 8.93. The normalized spacial score (nSPS) is 11.4. The maximum Gasteiger partial charge on any atom is 0.317 e. The molecule has 0 amide bonds. The first-order valence-corrected chi connectivity index (χ1v) is 8.44. The third-order valence-electron chi connectivity index (χ3n) is 3.85. The minimum absolute atomic E-state index is 0.0499. The summed E-state index contributed by atoms with van der Waals surface area (Å²) in [6.07, 6.45) is 3.99. The van der Waals surface area contributed by atoms with E-state index in [1.165, 1.54) is 0 Å². The molecule has 0 spiro atoms. The molecule has 0 unspecified atom stereocenters. The van der Waals surface area contributed by atoms with Gasteiger partial charge in [0.25, 0.3) is 0 Å². The fourth-order valence-electron chi connectivity index (χ4n) is 2.37. The molecular weight excluding hydrogens is 314 g/mol. The molecule has 0 saturated heterocycles. The second-order valence-electron chi connectivity index (χ2n) is 6.16. The minimum atomic E-state index is -0.804. The van der Waals surface area contributed by atoms with Crippen LogP contribution in [0, 0.1) is 0 Å². The lowest BCUT2D eigenvalue weighted by atomic mass is 10.2. The third kappa shape index (κ3) is 6.81. The first kappa shape index (κ1) is 18.7. The van der Waals surface area contributed by atoms with Gasteiger partial charge in [-0.2, -0.15) is 0 Å². The Morgan fingerprint density at radius 3 is 2.40 bits per heavy atom. The number of carbonyl (C=O) groups is 1. The number of hydrogen-bond acceptors (Lipinski definition) is 3. The van der Waals surface area contributed by atoms with Crippen molar-refractivity contribution in [2.45, 2.75) is 26.5 Å². The van der Waals surface area contributed by atoms with Crippen molar-refractivity contribution in [3.63, 3.8) is 0 Å². The van der Waals surface area contributed by atoms with E-state index in [-0.39, 0.29) is 12.6 Å². The Kier molecular flexibility index (Phi) is 7.23. The number of ether oxygens (including phenoxy) is 1. The van der Waals surface area contributed by atoms with Crippen LogP contribution in [0.15, 0.2) is 60.7 Å². The molecule has 0 heterocycles. The molecule has 2 rings (SSSR count). The second-order valence-corrected chi connectivity index (χ2v) is 6.16. The van der Waals surface area contributed by atoms with E-state index in [1.807, 2.05) is 85.5 Å². The van der Waals surface area contributed by atoms with E-state index in [2.05, 4.69) is 0 Å². The monoisotopic (exact) mass is 339 g/mol. The van der Waals surface area contributed by atoms with Gasteiger partial charge in [-0.15, -0.1) is 0 Å². The van der Waals surface area contributed by atoms with Crippen molar-refractivity contribution >= 4 is 12.0 Å². The van der Waals surface area contributed by atoms with Crippen LogP contribution >= 0.6 is 0 Å². The van der Waals surface area contributed by atoms with E-state index in [1.54, 1.807) is 0 Å². The third-order valence-corrected chi connectivity index (χ3v) is 3.85. The molecule has 25 heavy (non-hydrogen) atoms. The van der Waals surface area contributed by atoms with Gasteiger partial charge in [0.1, 0.15) is 12.4 Å². The number of hydrogen-bond donors (Lipinski definition) is 1. The fourth-order valence-corrected chi connectivity index (χ4v) is 2.37. The Bertz CT molecular complexity index is 678. The smallest absolute Gasteiger partial charge is 0.317 e. The lowest BCUT2D eigenvalue weighted by Gasteiger charge is -2.22. The SMILES string of the molecule is CC(C)N(C/C=C/c1ccc(OCc2ccccc2)cc1)CC(=O)O. The van der Waals surface area contributed by atoms with Gasteiger partial charge in [-0.3, -0.25) is 9.69 Å². The number of nitrogens with zero attached hydrogens (tertiary/aromatic N) is 1. The maximum atomic E-state index is 10.9. The predicted octanol–water partition coefficient (Wildman–Crippen LogP) is 4.07. The van der Waals surface area contributed by atoms with Crippen LogP contribution in [0.25, 0.3) is 6.08 Å². The summed E-state index contributed by atoms with van der Waals surface area (Å²) in [7, 11) is 0. The summed E-state index contributed by atoms with van der Waals surface area (Å²) in [4.78, 5) is 12.8. The molecule has 132 valence electrons. The molecule has 2 aromatic rings. The highest BCUT2D eigenvalue weighted by atomic mass is 16.5. The van der Waals surface area contributed by atoms with Crippen molar-refractivity contribution in [3.05, 3.63) is 71.8 Å². The van der Waals surface area contributed by atoms with Gasteiger partial charge in [-0.1, -0.05) is 54.6 Å². The summed E-state index contributed by atoms with van der Waals surface area (Å²) in [5.74, 6) is 0.0257. The molecular formula is C21H25NO3. The number of rotatable bonds is 9. The van der Waals surface area contributed by atoms with E-state index in [9.17, 15) is 4.79 Å². The number of aliphatic carboxylic acids is 1. The Balaban J connectivity index is 1.85. The van der Waals surface area contributed by atoms with Gasteiger partial charge in [0.2, 0.25) is 0 Å². The largest absolute Gasteiger partial charge is 0.489 e. The molecule has 0 saturated carbocycles. The van der Waals surface area contributed by atoms with Crippen LogP contribution in [0.2, 0.25) is 0 Å². The molecule has 0 aliphatic rings. The summed E-state index contributed by atoms with van der Waals surface area (Å²) < 4.78 is 5.77. The summed E-state index contributed by atoms with van der Waals surface area (Å²) in [6.45, 7) is 5.20. The van der Waals surface area contributed by atoms with E-state index in [4.69, 9.17) is 9.84 Å². The molecule has 4 heteroatoms. The number of benzene rings is 2.